The van der Waals surface area contributed by atoms with Crippen molar-refractivity contribution in [1.82, 2.24) is 0 Å². The summed E-state index contributed by atoms with van der Waals surface area (Å²) >= 11 is 1.08. The monoisotopic (exact) mass is 306 g/mol. The second kappa shape index (κ2) is 8.22. The fourth-order valence-corrected chi connectivity index (χ4v) is 4.34. The minimum Gasteiger partial charge on any atom is -0.465 e. The molecule has 2 unspecified atom stereocenters. The third-order valence-electron chi connectivity index (χ3n) is 4.47. The van der Waals surface area contributed by atoms with Gasteiger partial charge in [-0.2, -0.15) is 0 Å². The molecule has 6 heteroatoms. The van der Waals surface area contributed by atoms with Crippen molar-refractivity contribution in [2.75, 3.05) is 6.61 Å². The molecule has 0 aromatic rings. The molecule has 1 rings (SSSR count). The Balaban J connectivity index is 3.07. The van der Waals surface area contributed by atoms with Crippen molar-refractivity contribution in [3.63, 3.8) is 0 Å². The van der Waals surface area contributed by atoms with Gasteiger partial charge in [0.05, 0.1) is 17.8 Å². The van der Waals surface area contributed by atoms with Crippen molar-refractivity contribution >= 4 is 18.0 Å². The Kier molecular flexibility index (Phi) is 7.29. The summed E-state index contributed by atoms with van der Waals surface area (Å²) in [5.41, 5.74) is -0.129. The lowest BCUT2D eigenvalue weighted by molar-refractivity contribution is -0.433. The van der Waals surface area contributed by atoms with Gasteiger partial charge in [0.2, 0.25) is 0 Å². The summed E-state index contributed by atoms with van der Waals surface area (Å²) in [6.07, 6.45) is 6.12. The molecule has 1 aliphatic rings. The fraction of sp³-hybridized carbons (Fsp3) is 0.929. The van der Waals surface area contributed by atoms with E-state index in [1.807, 2.05) is 0 Å². The molecule has 0 radical (unpaired) electrons. The Hall–Kier alpha value is -0.300. The standard InChI is InChI=1S/C14H26O5S/c1-4-7-9-13(6-3)11-17-12(15)10-14(13,8-5-2)20-19-18-16/h16H,4-11H2,1-3H3. The van der Waals surface area contributed by atoms with Crippen LogP contribution in [-0.4, -0.2) is 22.6 Å². The van der Waals surface area contributed by atoms with Gasteiger partial charge in [-0.15, -0.1) is 4.33 Å². The van der Waals surface area contributed by atoms with Crippen LogP contribution in [0.2, 0.25) is 0 Å². The molecular weight excluding hydrogens is 280 g/mol. The van der Waals surface area contributed by atoms with Gasteiger partial charge in [-0.3, -0.25) is 4.79 Å². The van der Waals surface area contributed by atoms with Crippen LogP contribution in [0.15, 0.2) is 0 Å². The van der Waals surface area contributed by atoms with Crippen LogP contribution in [0.1, 0.15) is 65.7 Å². The molecule has 1 saturated heterocycles. The molecule has 1 heterocycles. The van der Waals surface area contributed by atoms with Crippen molar-refractivity contribution in [2.45, 2.75) is 70.5 Å². The van der Waals surface area contributed by atoms with Crippen LogP contribution >= 0.6 is 12.0 Å². The van der Waals surface area contributed by atoms with E-state index in [-0.39, 0.29) is 11.4 Å². The maximum absolute atomic E-state index is 11.8. The smallest absolute Gasteiger partial charge is 0.307 e. The van der Waals surface area contributed by atoms with Gasteiger partial charge in [0, 0.05) is 17.5 Å². The Morgan fingerprint density at radius 3 is 2.60 bits per heavy atom. The van der Waals surface area contributed by atoms with Crippen LogP contribution in [0.4, 0.5) is 0 Å². The molecule has 0 spiro atoms. The number of ether oxygens (including phenoxy) is 1. The number of carbonyl (C=O) groups excluding carboxylic acids is 1. The van der Waals surface area contributed by atoms with Crippen molar-refractivity contribution in [1.29, 1.82) is 0 Å². The highest BCUT2D eigenvalue weighted by Gasteiger charge is 2.55. The van der Waals surface area contributed by atoms with Gasteiger partial charge in [-0.1, -0.05) is 45.1 Å². The Morgan fingerprint density at radius 1 is 1.30 bits per heavy atom. The number of esters is 1. The first kappa shape index (κ1) is 17.8. The molecule has 1 fully saturated rings. The number of hydrogen-bond donors (Lipinski definition) is 1. The highest BCUT2D eigenvalue weighted by Crippen LogP contribution is 2.55. The summed E-state index contributed by atoms with van der Waals surface area (Å²) in [7, 11) is 0. The Labute approximate surface area is 125 Å². The number of carbonyl (C=O) groups is 1. The molecule has 0 aromatic heterocycles. The van der Waals surface area contributed by atoms with E-state index in [0.29, 0.717) is 13.0 Å². The maximum Gasteiger partial charge on any atom is 0.307 e. The molecule has 2 atom stereocenters. The summed E-state index contributed by atoms with van der Waals surface area (Å²) in [4.78, 5) is 11.8. The lowest BCUT2D eigenvalue weighted by Crippen LogP contribution is -2.54. The first-order chi connectivity index (χ1) is 9.59. The van der Waals surface area contributed by atoms with Crippen molar-refractivity contribution in [3.05, 3.63) is 0 Å². The van der Waals surface area contributed by atoms with E-state index in [0.717, 1.165) is 50.6 Å². The Morgan fingerprint density at radius 2 is 2.05 bits per heavy atom. The largest absolute Gasteiger partial charge is 0.465 e. The van der Waals surface area contributed by atoms with Crippen LogP contribution in [0.5, 0.6) is 0 Å². The molecule has 1 aliphatic heterocycles. The number of hydrogen-bond acceptors (Lipinski definition) is 6. The zero-order valence-corrected chi connectivity index (χ0v) is 13.5. The van der Waals surface area contributed by atoms with Crippen LogP contribution in [0.3, 0.4) is 0 Å². The van der Waals surface area contributed by atoms with Gasteiger partial charge in [0.1, 0.15) is 0 Å². The molecule has 0 aromatic carbocycles. The zero-order valence-electron chi connectivity index (χ0n) is 12.6. The third kappa shape index (κ3) is 3.67. The van der Waals surface area contributed by atoms with Gasteiger partial charge in [0.15, 0.2) is 0 Å². The SMILES string of the molecule is CCCCC1(CC)COC(=O)CC1(CCC)SOOO. The summed E-state index contributed by atoms with van der Waals surface area (Å²) in [5.74, 6) is -0.201. The quantitative estimate of drug-likeness (QED) is 0.299. The highest BCUT2D eigenvalue weighted by molar-refractivity contribution is 7.96. The lowest BCUT2D eigenvalue weighted by Gasteiger charge is -2.51. The van der Waals surface area contributed by atoms with Gasteiger partial charge in [-0.05, 0) is 19.3 Å². The number of rotatable bonds is 9. The molecule has 0 bridgehead atoms. The first-order valence-corrected chi connectivity index (χ1v) is 8.15. The average molecular weight is 306 g/mol. The Bertz CT molecular complexity index is 312. The lowest BCUT2D eigenvalue weighted by atomic mass is 9.65. The molecule has 20 heavy (non-hydrogen) atoms. The van der Waals surface area contributed by atoms with E-state index in [2.05, 4.69) is 25.8 Å². The second-order valence-electron chi connectivity index (χ2n) is 5.55. The van der Waals surface area contributed by atoms with E-state index >= 15 is 0 Å². The fourth-order valence-electron chi connectivity index (χ4n) is 3.24. The van der Waals surface area contributed by atoms with Gasteiger partial charge >= 0.3 is 5.97 Å². The van der Waals surface area contributed by atoms with Crippen LogP contribution < -0.4 is 0 Å². The van der Waals surface area contributed by atoms with Gasteiger partial charge in [0.25, 0.3) is 0 Å². The predicted octanol–water partition coefficient (Wildman–Crippen LogP) is 4.13. The van der Waals surface area contributed by atoms with E-state index in [9.17, 15) is 4.79 Å². The van der Waals surface area contributed by atoms with E-state index in [1.165, 1.54) is 0 Å². The van der Waals surface area contributed by atoms with E-state index in [4.69, 9.17) is 14.3 Å². The molecule has 0 aliphatic carbocycles. The predicted molar refractivity (Wildman–Crippen MR) is 77.9 cm³/mol. The minimum absolute atomic E-state index is 0.129. The molecule has 0 saturated carbocycles. The summed E-state index contributed by atoms with van der Waals surface area (Å²) in [6.45, 7) is 6.78. The van der Waals surface area contributed by atoms with Crippen LogP contribution in [-0.2, 0) is 18.9 Å². The average Bonchev–Trinajstić information content (AvgIpc) is 2.45. The molecule has 5 nitrogen and oxygen atoms in total. The summed E-state index contributed by atoms with van der Waals surface area (Å²) < 4.78 is 9.73. The van der Waals surface area contributed by atoms with Crippen LogP contribution in [0.25, 0.3) is 0 Å². The van der Waals surface area contributed by atoms with E-state index in [1.54, 1.807) is 0 Å². The molecule has 1 N–H and O–H groups in total. The van der Waals surface area contributed by atoms with Crippen molar-refractivity contribution < 1.29 is 24.2 Å². The van der Waals surface area contributed by atoms with Crippen molar-refractivity contribution in [2.24, 2.45) is 5.41 Å². The molecule has 0 amide bonds. The normalized spacial score (nSPS) is 30.3. The van der Waals surface area contributed by atoms with Gasteiger partial charge in [-0.25, -0.2) is 5.26 Å². The third-order valence-corrected chi connectivity index (χ3v) is 5.70. The molecular formula is C14H26O5S. The van der Waals surface area contributed by atoms with E-state index < -0.39 is 4.75 Å². The first-order valence-electron chi connectivity index (χ1n) is 7.41. The van der Waals surface area contributed by atoms with Gasteiger partial charge < -0.3 is 4.74 Å². The van der Waals surface area contributed by atoms with Crippen molar-refractivity contribution in [3.8, 4) is 0 Å². The number of unbranched alkanes of at least 4 members (excludes halogenated alkanes) is 1. The summed E-state index contributed by atoms with van der Waals surface area (Å²) in [5, 5.41) is 12.3. The zero-order chi connectivity index (χ0) is 15.1. The highest BCUT2D eigenvalue weighted by atomic mass is 32.2. The minimum atomic E-state index is -0.399. The second-order valence-corrected chi connectivity index (χ2v) is 6.63. The van der Waals surface area contributed by atoms with Crippen LogP contribution in [0, 0.1) is 5.41 Å². The molecule has 118 valence electrons. The topological polar surface area (TPSA) is 65.0 Å². The maximum atomic E-state index is 11.8. The number of cyclic esters (lactones) is 1. The summed E-state index contributed by atoms with van der Waals surface area (Å²) in [6, 6.07) is 0.